The number of halogens is 3. The van der Waals surface area contributed by atoms with Gasteiger partial charge in [0.05, 0.1) is 17.7 Å². The van der Waals surface area contributed by atoms with Gasteiger partial charge in [-0.05, 0) is 24.5 Å². The molecule has 24 heavy (non-hydrogen) atoms. The molecule has 1 aromatic carbocycles. The van der Waals surface area contributed by atoms with Gasteiger partial charge in [-0.1, -0.05) is 26.0 Å². The molecule has 3 nitrogen and oxygen atoms in total. The standard InChI is InChI=1S/C17H19F3N2OS/c1-11(2)7-8-21-15(23)9-14-10-24-16(22-14)12-3-5-13(6-4-12)17(18,19)20/h3-6,10-11H,7-9H2,1-2H3,(H,21,23). The van der Waals surface area contributed by atoms with Crippen LogP contribution in [-0.4, -0.2) is 17.4 Å². The SMILES string of the molecule is CC(C)CCNC(=O)Cc1csc(-c2ccc(C(F)(F)F)cc2)n1. The van der Waals surface area contributed by atoms with E-state index in [4.69, 9.17) is 0 Å². The second-order valence-electron chi connectivity index (χ2n) is 5.93. The highest BCUT2D eigenvalue weighted by Gasteiger charge is 2.30. The summed E-state index contributed by atoms with van der Waals surface area (Å²) in [5, 5.41) is 5.20. The van der Waals surface area contributed by atoms with E-state index in [1.54, 1.807) is 5.38 Å². The summed E-state index contributed by atoms with van der Waals surface area (Å²) < 4.78 is 37.7. The van der Waals surface area contributed by atoms with E-state index in [0.29, 0.717) is 28.7 Å². The fourth-order valence-electron chi connectivity index (χ4n) is 2.05. The second kappa shape index (κ2) is 7.79. The molecule has 1 amide bonds. The highest BCUT2D eigenvalue weighted by atomic mass is 32.1. The summed E-state index contributed by atoms with van der Waals surface area (Å²) in [6.45, 7) is 4.80. The highest BCUT2D eigenvalue weighted by molar-refractivity contribution is 7.13. The molecule has 0 saturated heterocycles. The van der Waals surface area contributed by atoms with Crippen LogP contribution in [0.4, 0.5) is 13.2 Å². The number of carbonyl (C=O) groups excluding carboxylic acids is 1. The van der Waals surface area contributed by atoms with Crippen LogP contribution in [0.5, 0.6) is 0 Å². The summed E-state index contributed by atoms with van der Waals surface area (Å²) in [6, 6.07) is 4.87. The zero-order valence-electron chi connectivity index (χ0n) is 13.5. The molecule has 0 spiro atoms. The molecule has 2 aromatic rings. The zero-order valence-corrected chi connectivity index (χ0v) is 14.3. The lowest BCUT2D eigenvalue weighted by molar-refractivity contribution is -0.137. The van der Waals surface area contributed by atoms with E-state index in [1.807, 2.05) is 0 Å². The number of nitrogens with zero attached hydrogens (tertiary/aromatic N) is 1. The Morgan fingerprint density at radius 3 is 2.50 bits per heavy atom. The van der Waals surface area contributed by atoms with Crippen LogP contribution in [0.3, 0.4) is 0 Å². The lowest BCUT2D eigenvalue weighted by atomic mass is 10.1. The molecule has 1 aromatic heterocycles. The molecular formula is C17H19F3N2OS. The van der Waals surface area contributed by atoms with E-state index in [9.17, 15) is 18.0 Å². The second-order valence-corrected chi connectivity index (χ2v) is 6.79. The van der Waals surface area contributed by atoms with Crippen molar-refractivity contribution in [2.24, 2.45) is 5.92 Å². The predicted octanol–water partition coefficient (Wildman–Crippen LogP) is 4.53. The summed E-state index contributed by atoms with van der Waals surface area (Å²) in [5.74, 6) is 0.427. The van der Waals surface area contributed by atoms with Gasteiger partial charge in [-0.15, -0.1) is 11.3 Å². The molecule has 0 aliphatic heterocycles. The first kappa shape index (κ1) is 18.4. The lowest BCUT2D eigenvalue weighted by Gasteiger charge is -2.06. The number of amides is 1. The van der Waals surface area contributed by atoms with Crippen LogP contribution in [0, 0.1) is 5.92 Å². The average Bonchev–Trinajstić information content (AvgIpc) is 2.94. The average molecular weight is 356 g/mol. The maximum absolute atomic E-state index is 12.6. The van der Waals surface area contributed by atoms with Crippen LogP contribution in [0.25, 0.3) is 10.6 Å². The summed E-state index contributed by atoms with van der Waals surface area (Å²) in [4.78, 5) is 16.2. The van der Waals surface area contributed by atoms with Gasteiger partial charge >= 0.3 is 6.18 Å². The van der Waals surface area contributed by atoms with Gasteiger partial charge in [0.2, 0.25) is 5.91 Å². The van der Waals surface area contributed by atoms with E-state index in [2.05, 4.69) is 24.1 Å². The molecule has 0 saturated carbocycles. The van der Waals surface area contributed by atoms with Crippen LogP contribution in [0.2, 0.25) is 0 Å². The van der Waals surface area contributed by atoms with Gasteiger partial charge in [-0.2, -0.15) is 13.2 Å². The van der Waals surface area contributed by atoms with Crippen molar-refractivity contribution >= 4 is 17.2 Å². The first-order chi connectivity index (χ1) is 11.3. The Morgan fingerprint density at radius 1 is 1.25 bits per heavy atom. The summed E-state index contributed by atoms with van der Waals surface area (Å²) in [6.07, 6.45) is -3.25. The topological polar surface area (TPSA) is 42.0 Å². The van der Waals surface area contributed by atoms with E-state index in [1.165, 1.54) is 23.5 Å². The van der Waals surface area contributed by atoms with Gasteiger partial charge in [0.25, 0.3) is 0 Å². The monoisotopic (exact) mass is 356 g/mol. The number of carbonyl (C=O) groups is 1. The van der Waals surface area contributed by atoms with E-state index in [-0.39, 0.29) is 12.3 Å². The summed E-state index contributed by atoms with van der Waals surface area (Å²) in [7, 11) is 0. The van der Waals surface area contributed by atoms with Gasteiger partial charge in [0, 0.05) is 17.5 Å². The first-order valence-electron chi connectivity index (χ1n) is 7.64. The number of thiazole rings is 1. The maximum Gasteiger partial charge on any atom is 0.416 e. The molecule has 0 atom stereocenters. The minimum Gasteiger partial charge on any atom is -0.356 e. The number of hydrogen-bond donors (Lipinski definition) is 1. The number of alkyl halides is 3. The van der Waals surface area contributed by atoms with Crippen molar-refractivity contribution in [3.05, 3.63) is 40.9 Å². The fraction of sp³-hybridized carbons (Fsp3) is 0.412. The van der Waals surface area contributed by atoms with Crippen LogP contribution in [0.15, 0.2) is 29.6 Å². The Bertz CT molecular complexity index is 678. The molecule has 1 heterocycles. The van der Waals surface area contributed by atoms with Gasteiger partial charge in [-0.3, -0.25) is 4.79 Å². The van der Waals surface area contributed by atoms with Crippen molar-refractivity contribution in [2.75, 3.05) is 6.54 Å². The Hall–Kier alpha value is -1.89. The third kappa shape index (κ3) is 5.33. The van der Waals surface area contributed by atoms with Crippen molar-refractivity contribution in [3.63, 3.8) is 0 Å². The van der Waals surface area contributed by atoms with Crippen molar-refractivity contribution < 1.29 is 18.0 Å². The van der Waals surface area contributed by atoms with Crippen LogP contribution in [-0.2, 0) is 17.4 Å². The molecule has 0 bridgehead atoms. The van der Waals surface area contributed by atoms with Gasteiger partial charge in [0.15, 0.2) is 0 Å². The molecule has 0 aliphatic carbocycles. The lowest BCUT2D eigenvalue weighted by Crippen LogP contribution is -2.26. The number of aromatic nitrogens is 1. The highest BCUT2D eigenvalue weighted by Crippen LogP contribution is 2.31. The summed E-state index contributed by atoms with van der Waals surface area (Å²) >= 11 is 1.31. The molecule has 1 N–H and O–H groups in total. The zero-order chi connectivity index (χ0) is 17.7. The number of rotatable bonds is 6. The molecule has 0 unspecified atom stereocenters. The third-order valence-electron chi connectivity index (χ3n) is 3.40. The largest absolute Gasteiger partial charge is 0.416 e. The smallest absolute Gasteiger partial charge is 0.356 e. The van der Waals surface area contributed by atoms with Gasteiger partial charge in [-0.25, -0.2) is 4.98 Å². The van der Waals surface area contributed by atoms with Crippen LogP contribution < -0.4 is 5.32 Å². The minimum atomic E-state index is -4.35. The Morgan fingerprint density at radius 2 is 1.92 bits per heavy atom. The minimum absolute atomic E-state index is 0.0973. The van der Waals surface area contributed by atoms with E-state index >= 15 is 0 Å². The van der Waals surface area contributed by atoms with Crippen LogP contribution in [0.1, 0.15) is 31.5 Å². The normalized spacial score (nSPS) is 11.8. The van der Waals surface area contributed by atoms with Crippen molar-refractivity contribution in [2.45, 2.75) is 32.9 Å². The molecule has 0 fully saturated rings. The van der Waals surface area contributed by atoms with Crippen molar-refractivity contribution in [1.82, 2.24) is 10.3 Å². The number of nitrogens with one attached hydrogen (secondary N) is 1. The Kier molecular flexibility index (Phi) is 5.99. The number of benzene rings is 1. The maximum atomic E-state index is 12.6. The molecule has 7 heteroatoms. The Labute approximate surface area is 142 Å². The third-order valence-corrected chi connectivity index (χ3v) is 4.34. The fourth-order valence-corrected chi connectivity index (χ4v) is 2.88. The Balaban J connectivity index is 1.96. The quantitative estimate of drug-likeness (QED) is 0.826. The molecule has 0 radical (unpaired) electrons. The van der Waals surface area contributed by atoms with Crippen LogP contribution >= 0.6 is 11.3 Å². The molecule has 0 aliphatic rings. The molecule has 2 rings (SSSR count). The molecule has 130 valence electrons. The number of hydrogen-bond acceptors (Lipinski definition) is 3. The van der Waals surface area contributed by atoms with E-state index in [0.717, 1.165) is 18.6 Å². The molecular weight excluding hydrogens is 337 g/mol. The predicted molar refractivity (Wildman–Crippen MR) is 88.7 cm³/mol. The van der Waals surface area contributed by atoms with E-state index < -0.39 is 11.7 Å². The van der Waals surface area contributed by atoms with Crippen molar-refractivity contribution in [3.8, 4) is 10.6 Å². The van der Waals surface area contributed by atoms with Gasteiger partial charge in [0.1, 0.15) is 5.01 Å². The van der Waals surface area contributed by atoms with Gasteiger partial charge < -0.3 is 5.32 Å². The first-order valence-corrected chi connectivity index (χ1v) is 8.52. The van der Waals surface area contributed by atoms with Crippen molar-refractivity contribution in [1.29, 1.82) is 0 Å². The summed E-state index contributed by atoms with van der Waals surface area (Å²) in [5.41, 5.74) is 0.545.